The molecule has 1 heterocycles. The zero-order valence-electron chi connectivity index (χ0n) is 8.61. The summed E-state index contributed by atoms with van der Waals surface area (Å²) in [5, 5.41) is 3.94. The zero-order chi connectivity index (χ0) is 11.7. The first-order valence-corrected chi connectivity index (χ1v) is 4.76. The third kappa shape index (κ3) is 1.62. The summed E-state index contributed by atoms with van der Waals surface area (Å²) in [7, 11) is 0. The molecule has 2 N–H and O–H groups in total. The van der Waals surface area contributed by atoms with E-state index in [1.54, 1.807) is 4.68 Å². The first-order valence-electron chi connectivity index (χ1n) is 4.76. The molecule has 0 aliphatic heterocycles. The number of hydrogen-bond acceptors (Lipinski definition) is 3. The van der Waals surface area contributed by atoms with Crippen LogP contribution < -0.4 is 5.73 Å². The second kappa shape index (κ2) is 3.88. The Balaban J connectivity index is 2.60. The number of rotatable bonds is 2. The Morgan fingerprint density at radius 1 is 1.31 bits per heavy atom. The van der Waals surface area contributed by atoms with Gasteiger partial charge in [0.2, 0.25) is 0 Å². The molecule has 0 saturated heterocycles. The van der Waals surface area contributed by atoms with E-state index in [0.717, 1.165) is 12.1 Å². The lowest BCUT2D eigenvalue weighted by atomic mass is 10.1. The van der Waals surface area contributed by atoms with E-state index in [0.29, 0.717) is 17.9 Å². The second-order valence-corrected chi connectivity index (χ2v) is 3.25. The quantitative estimate of drug-likeness (QED) is 0.791. The van der Waals surface area contributed by atoms with Crippen molar-refractivity contribution in [2.24, 2.45) is 0 Å². The molecule has 1 aromatic heterocycles. The van der Waals surface area contributed by atoms with Crippen LogP contribution in [0.25, 0.3) is 11.4 Å². The predicted octanol–water partition coefficient (Wildman–Crippen LogP) is 1.83. The van der Waals surface area contributed by atoms with Gasteiger partial charge in [0, 0.05) is 23.9 Å². The molecule has 2 aromatic rings. The summed E-state index contributed by atoms with van der Waals surface area (Å²) in [4.78, 5) is 3.97. The molecule has 0 atom stereocenters. The Morgan fingerprint density at radius 3 is 2.69 bits per heavy atom. The van der Waals surface area contributed by atoms with Gasteiger partial charge in [0.25, 0.3) is 0 Å². The van der Waals surface area contributed by atoms with Gasteiger partial charge >= 0.3 is 0 Å². The molecule has 0 unspecified atom stereocenters. The molecule has 0 spiro atoms. The maximum atomic E-state index is 13.1. The zero-order valence-corrected chi connectivity index (χ0v) is 8.61. The Morgan fingerprint density at radius 2 is 2.00 bits per heavy atom. The highest BCUT2D eigenvalue weighted by Gasteiger charge is 2.13. The van der Waals surface area contributed by atoms with Gasteiger partial charge in [0.15, 0.2) is 17.5 Å². The maximum Gasteiger partial charge on any atom is 0.160 e. The molecule has 0 aliphatic rings. The van der Waals surface area contributed by atoms with Crippen LogP contribution in [-0.4, -0.2) is 14.8 Å². The number of aryl methyl sites for hydroxylation is 1. The monoisotopic (exact) mass is 224 g/mol. The highest BCUT2D eigenvalue weighted by atomic mass is 19.2. The van der Waals surface area contributed by atoms with Crippen LogP contribution in [0, 0.1) is 11.6 Å². The second-order valence-electron chi connectivity index (χ2n) is 3.25. The van der Waals surface area contributed by atoms with Crippen molar-refractivity contribution in [1.29, 1.82) is 0 Å². The number of benzene rings is 1. The molecule has 6 heteroatoms. The van der Waals surface area contributed by atoms with Crippen molar-refractivity contribution >= 4 is 5.69 Å². The molecule has 2 rings (SSSR count). The average Bonchev–Trinajstić information content (AvgIpc) is 2.71. The van der Waals surface area contributed by atoms with Gasteiger partial charge in [-0.25, -0.2) is 18.4 Å². The SMILES string of the molecule is CCn1ncnc1-c1cc(F)c(F)cc1N. The van der Waals surface area contributed by atoms with Crippen LogP contribution in [0.5, 0.6) is 0 Å². The fraction of sp³-hybridized carbons (Fsp3) is 0.200. The van der Waals surface area contributed by atoms with E-state index in [-0.39, 0.29) is 5.69 Å². The van der Waals surface area contributed by atoms with E-state index < -0.39 is 11.6 Å². The van der Waals surface area contributed by atoms with Gasteiger partial charge < -0.3 is 5.73 Å². The van der Waals surface area contributed by atoms with Gasteiger partial charge in [-0.3, -0.25) is 0 Å². The minimum absolute atomic E-state index is 0.140. The van der Waals surface area contributed by atoms with Crippen molar-refractivity contribution in [1.82, 2.24) is 14.8 Å². The highest BCUT2D eigenvalue weighted by molar-refractivity contribution is 5.71. The molecule has 0 saturated carbocycles. The van der Waals surface area contributed by atoms with Gasteiger partial charge in [-0.05, 0) is 13.0 Å². The van der Waals surface area contributed by atoms with Crippen molar-refractivity contribution < 1.29 is 8.78 Å². The lowest BCUT2D eigenvalue weighted by molar-refractivity contribution is 0.509. The van der Waals surface area contributed by atoms with Crippen LogP contribution in [0.3, 0.4) is 0 Å². The van der Waals surface area contributed by atoms with Gasteiger partial charge in [-0.15, -0.1) is 0 Å². The molecule has 0 aliphatic carbocycles. The fourth-order valence-electron chi connectivity index (χ4n) is 1.46. The van der Waals surface area contributed by atoms with E-state index >= 15 is 0 Å². The molecule has 0 fully saturated rings. The van der Waals surface area contributed by atoms with Crippen LogP contribution in [0.1, 0.15) is 6.92 Å². The first-order chi connectivity index (χ1) is 7.63. The number of hydrogen-bond donors (Lipinski definition) is 1. The van der Waals surface area contributed by atoms with Gasteiger partial charge in [0.05, 0.1) is 0 Å². The predicted molar refractivity (Wildman–Crippen MR) is 55.5 cm³/mol. The Hall–Kier alpha value is -1.98. The van der Waals surface area contributed by atoms with Crippen molar-refractivity contribution in [2.75, 3.05) is 5.73 Å². The molecule has 4 nitrogen and oxygen atoms in total. The van der Waals surface area contributed by atoms with E-state index in [4.69, 9.17) is 5.73 Å². The van der Waals surface area contributed by atoms with E-state index in [1.807, 2.05) is 6.92 Å². The standard InChI is InChI=1S/C10H10F2N4/c1-2-16-10(14-5-15-16)6-3-7(11)8(12)4-9(6)13/h3-5H,2,13H2,1H3. The maximum absolute atomic E-state index is 13.1. The Kier molecular flexibility index (Phi) is 2.55. The third-order valence-electron chi connectivity index (χ3n) is 2.25. The van der Waals surface area contributed by atoms with Crippen molar-refractivity contribution in [3.63, 3.8) is 0 Å². The smallest absolute Gasteiger partial charge is 0.160 e. The lowest BCUT2D eigenvalue weighted by Crippen LogP contribution is -2.03. The summed E-state index contributed by atoms with van der Waals surface area (Å²) in [5.41, 5.74) is 6.10. The summed E-state index contributed by atoms with van der Waals surface area (Å²) < 4.78 is 27.5. The minimum atomic E-state index is -0.969. The average molecular weight is 224 g/mol. The van der Waals surface area contributed by atoms with Crippen molar-refractivity contribution in [3.8, 4) is 11.4 Å². The number of aromatic nitrogens is 3. The number of nitrogens with zero attached hydrogens (tertiary/aromatic N) is 3. The van der Waals surface area contributed by atoms with E-state index in [9.17, 15) is 8.78 Å². The summed E-state index contributed by atoms with van der Waals surface area (Å²) in [5.74, 6) is -1.49. The Labute approximate surface area is 90.7 Å². The third-order valence-corrected chi connectivity index (χ3v) is 2.25. The molecule has 1 aromatic carbocycles. The minimum Gasteiger partial charge on any atom is -0.398 e. The summed E-state index contributed by atoms with van der Waals surface area (Å²) >= 11 is 0. The number of nitrogens with two attached hydrogens (primary N) is 1. The number of halogens is 2. The molecular weight excluding hydrogens is 214 g/mol. The molecule has 0 radical (unpaired) electrons. The van der Waals surface area contributed by atoms with Gasteiger partial charge in [-0.2, -0.15) is 5.10 Å². The van der Waals surface area contributed by atoms with Crippen LogP contribution in [0.4, 0.5) is 14.5 Å². The highest BCUT2D eigenvalue weighted by Crippen LogP contribution is 2.26. The molecule has 0 bridgehead atoms. The van der Waals surface area contributed by atoms with Crippen LogP contribution in [0.2, 0.25) is 0 Å². The molecular formula is C10H10F2N4. The van der Waals surface area contributed by atoms with E-state index in [2.05, 4.69) is 10.1 Å². The summed E-state index contributed by atoms with van der Waals surface area (Å²) in [6.07, 6.45) is 1.35. The molecule has 16 heavy (non-hydrogen) atoms. The van der Waals surface area contributed by atoms with Gasteiger partial charge in [0.1, 0.15) is 6.33 Å². The van der Waals surface area contributed by atoms with Crippen LogP contribution in [0.15, 0.2) is 18.5 Å². The first kappa shape index (κ1) is 10.5. The summed E-state index contributed by atoms with van der Waals surface area (Å²) in [6.45, 7) is 2.45. The van der Waals surface area contributed by atoms with Crippen molar-refractivity contribution in [3.05, 3.63) is 30.1 Å². The number of anilines is 1. The van der Waals surface area contributed by atoms with Gasteiger partial charge in [-0.1, -0.05) is 0 Å². The normalized spacial score (nSPS) is 10.7. The Bertz CT molecular complexity index is 522. The molecule has 84 valence electrons. The largest absolute Gasteiger partial charge is 0.398 e. The van der Waals surface area contributed by atoms with Crippen LogP contribution in [-0.2, 0) is 6.54 Å². The van der Waals surface area contributed by atoms with E-state index in [1.165, 1.54) is 6.33 Å². The van der Waals surface area contributed by atoms with Crippen molar-refractivity contribution in [2.45, 2.75) is 13.5 Å². The lowest BCUT2D eigenvalue weighted by Gasteiger charge is -2.06. The topological polar surface area (TPSA) is 56.7 Å². The van der Waals surface area contributed by atoms with Crippen LogP contribution >= 0.6 is 0 Å². The fourth-order valence-corrected chi connectivity index (χ4v) is 1.46. The summed E-state index contributed by atoms with van der Waals surface area (Å²) in [6, 6.07) is 1.97. The molecule has 0 amide bonds. The number of nitrogen functional groups attached to an aromatic ring is 1.